The topological polar surface area (TPSA) is 135 Å². The first-order valence-corrected chi connectivity index (χ1v) is 14.7. The number of aromatic nitrogens is 4. The van der Waals surface area contributed by atoms with Crippen molar-refractivity contribution in [1.29, 1.82) is 0 Å². The molecule has 3 aromatic carbocycles. The fraction of sp³-hybridized carbons (Fsp3) is 0.0968. The van der Waals surface area contributed by atoms with Gasteiger partial charge in [0.2, 0.25) is 11.8 Å². The molecule has 42 heavy (non-hydrogen) atoms. The van der Waals surface area contributed by atoms with E-state index in [-0.39, 0.29) is 10.9 Å². The molecule has 0 atom stereocenters. The Morgan fingerprint density at radius 1 is 1.00 bits per heavy atom. The maximum atomic E-state index is 14.4. The number of H-pyrrole nitrogens is 1. The average molecular weight is 585 g/mol. The number of rotatable bonds is 9. The fourth-order valence-corrected chi connectivity index (χ4v) is 5.02. The molecule has 0 aliphatic heterocycles. The Hall–Kier alpha value is -5.16. The van der Waals surface area contributed by atoms with Crippen LogP contribution in [0.1, 0.15) is 35.6 Å². The van der Waals surface area contributed by atoms with Gasteiger partial charge < -0.3 is 9.84 Å². The van der Waals surface area contributed by atoms with Crippen LogP contribution in [0, 0.1) is 5.95 Å². The minimum atomic E-state index is -3.54. The van der Waals surface area contributed by atoms with E-state index in [2.05, 4.69) is 20.2 Å². The highest BCUT2D eigenvalue weighted by atomic mass is 32.2. The predicted molar refractivity (Wildman–Crippen MR) is 157 cm³/mol. The van der Waals surface area contributed by atoms with Gasteiger partial charge in [-0.15, -0.1) is 5.10 Å². The number of aliphatic carboxylic acids is 1. The van der Waals surface area contributed by atoms with Crippen molar-refractivity contribution in [3.8, 4) is 11.6 Å². The van der Waals surface area contributed by atoms with E-state index >= 15 is 0 Å². The molecule has 11 heteroatoms. The Labute approximate surface area is 241 Å². The molecule has 0 saturated carbocycles. The minimum absolute atomic E-state index is 0.0464. The van der Waals surface area contributed by atoms with Gasteiger partial charge in [0.15, 0.2) is 14.9 Å². The summed E-state index contributed by atoms with van der Waals surface area (Å²) in [6, 6.07) is 20.1. The van der Waals surface area contributed by atoms with Crippen LogP contribution in [0.15, 0.2) is 90.2 Å². The number of ether oxygens (including phenoxy) is 1. The van der Waals surface area contributed by atoms with Crippen molar-refractivity contribution < 1.29 is 27.4 Å². The van der Waals surface area contributed by atoms with Crippen LogP contribution >= 0.6 is 0 Å². The molecule has 5 aromatic rings. The number of aromatic amines is 1. The van der Waals surface area contributed by atoms with Crippen molar-refractivity contribution in [2.24, 2.45) is 0 Å². The van der Waals surface area contributed by atoms with E-state index in [1.807, 2.05) is 49.4 Å². The molecule has 2 heterocycles. The third kappa shape index (κ3) is 6.26. The van der Waals surface area contributed by atoms with Crippen LogP contribution in [0.3, 0.4) is 0 Å². The molecule has 0 bridgehead atoms. The number of nitrogens with zero attached hydrogens (tertiary/aromatic N) is 3. The zero-order valence-corrected chi connectivity index (χ0v) is 23.4. The first-order valence-electron chi connectivity index (χ1n) is 12.8. The van der Waals surface area contributed by atoms with Crippen LogP contribution in [-0.2, 0) is 14.6 Å². The molecule has 0 fully saturated rings. The number of benzene rings is 3. The molecule has 0 spiro atoms. The van der Waals surface area contributed by atoms with E-state index in [1.54, 1.807) is 24.3 Å². The zero-order valence-electron chi connectivity index (χ0n) is 22.6. The third-order valence-corrected chi connectivity index (χ3v) is 7.43. The number of carboxylic acid groups (broad SMARTS) is 1. The summed E-state index contributed by atoms with van der Waals surface area (Å²) in [6.45, 7) is 2.02. The van der Waals surface area contributed by atoms with E-state index in [4.69, 9.17) is 9.84 Å². The lowest BCUT2D eigenvalue weighted by Gasteiger charge is -2.17. The van der Waals surface area contributed by atoms with Crippen molar-refractivity contribution in [3.63, 3.8) is 0 Å². The smallest absolute Gasteiger partial charge is 0.328 e. The Balaban J connectivity index is 1.57. The van der Waals surface area contributed by atoms with Gasteiger partial charge in [-0.3, -0.25) is 10.1 Å². The third-order valence-electron chi connectivity index (χ3n) is 6.47. The predicted octanol–water partition coefficient (Wildman–Crippen LogP) is 6.15. The van der Waals surface area contributed by atoms with Crippen molar-refractivity contribution in [2.75, 3.05) is 6.26 Å². The van der Waals surface area contributed by atoms with E-state index in [1.165, 1.54) is 12.3 Å². The lowest BCUT2D eigenvalue weighted by atomic mass is 9.87. The molecule has 212 valence electrons. The highest BCUT2D eigenvalue weighted by Crippen LogP contribution is 2.36. The number of halogens is 1. The van der Waals surface area contributed by atoms with Crippen LogP contribution in [0.2, 0.25) is 0 Å². The fourth-order valence-electron chi connectivity index (χ4n) is 4.51. The molecule has 0 aliphatic rings. The molecule has 0 amide bonds. The van der Waals surface area contributed by atoms with Gasteiger partial charge in [0.25, 0.3) is 0 Å². The monoisotopic (exact) mass is 584 g/mol. The van der Waals surface area contributed by atoms with Gasteiger partial charge in [-0.1, -0.05) is 49.4 Å². The largest absolute Gasteiger partial charge is 0.478 e. The minimum Gasteiger partial charge on any atom is -0.478 e. The zero-order chi connectivity index (χ0) is 29.9. The number of hydrogen-bond acceptors (Lipinski definition) is 7. The van der Waals surface area contributed by atoms with Gasteiger partial charge in [0.05, 0.1) is 23.3 Å². The number of sulfone groups is 1. The summed E-state index contributed by atoms with van der Waals surface area (Å²) in [5, 5.41) is 15.5. The average Bonchev–Trinajstić information content (AvgIpc) is 3.35. The van der Waals surface area contributed by atoms with Gasteiger partial charge in [-0.05, 0) is 70.2 Å². The van der Waals surface area contributed by atoms with Crippen molar-refractivity contribution in [2.45, 2.75) is 18.4 Å². The molecular weight excluding hydrogens is 559 g/mol. The van der Waals surface area contributed by atoms with Gasteiger partial charge >= 0.3 is 5.97 Å². The highest BCUT2D eigenvalue weighted by molar-refractivity contribution is 7.90. The first-order chi connectivity index (χ1) is 20.1. The SMILES string of the molecule is CCC(=C(c1ccc(C=CC(=O)O)cc1)c1ccc2[nH]nc(F)c2c1)c1ccc(Oc2cncc(S(C)(=O)=O)n2)cc1. The number of carbonyl (C=O) groups is 1. The summed E-state index contributed by atoms with van der Waals surface area (Å²) >= 11 is 0. The molecular formula is C31H25FN4O5S. The van der Waals surface area contributed by atoms with E-state index in [0.717, 1.165) is 51.9 Å². The van der Waals surface area contributed by atoms with Crippen LogP contribution in [0.25, 0.3) is 28.1 Å². The first kappa shape index (κ1) is 28.4. The quantitative estimate of drug-likeness (QED) is 0.155. The lowest BCUT2D eigenvalue weighted by molar-refractivity contribution is -0.131. The molecule has 5 rings (SSSR count). The van der Waals surface area contributed by atoms with Crippen molar-refractivity contribution in [1.82, 2.24) is 20.2 Å². The molecule has 2 N–H and O–H groups in total. The molecule has 0 aliphatic carbocycles. The van der Waals surface area contributed by atoms with Gasteiger partial charge in [-0.25, -0.2) is 13.2 Å². The van der Waals surface area contributed by atoms with Crippen LogP contribution < -0.4 is 4.74 Å². The Bertz CT molecular complexity index is 1950. The Morgan fingerprint density at radius 2 is 1.69 bits per heavy atom. The normalized spacial score (nSPS) is 12.5. The van der Waals surface area contributed by atoms with Crippen molar-refractivity contribution in [3.05, 3.63) is 113 Å². The van der Waals surface area contributed by atoms with Gasteiger partial charge in [0, 0.05) is 12.3 Å². The van der Waals surface area contributed by atoms with E-state index in [0.29, 0.717) is 23.1 Å². The summed E-state index contributed by atoms with van der Waals surface area (Å²) < 4.78 is 43.9. The maximum absolute atomic E-state index is 14.4. The summed E-state index contributed by atoms with van der Waals surface area (Å²) in [7, 11) is -3.54. The summed E-state index contributed by atoms with van der Waals surface area (Å²) in [5.74, 6) is -1.15. The number of allylic oxidation sites excluding steroid dienone is 1. The molecule has 0 saturated heterocycles. The van der Waals surface area contributed by atoms with Gasteiger partial charge in [0.1, 0.15) is 5.75 Å². The Kier molecular flexibility index (Phi) is 7.94. The number of hydrogen-bond donors (Lipinski definition) is 2. The second-order valence-corrected chi connectivity index (χ2v) is 11.3. The molecule has 9 nitrogen and oxygen atoms in total. The van der Waals surface area contributed by atoms with E-state index in [9.17, 15) is 17.6 Å². The standard InChI is InChI=1S/C31H25FN4O5S/c1-3-24(20-9-12-23(13-10-20)41-27-17-33-18-28(34-27)42(2,39)40)30(21-7-4-19(5-8-21)6-15-29(37)38)22-11-14-26-25(16-22)31(32)36-35-26/h4-18H,3H2,1-2H3,(H,35,36)(H,37,38). The summed E-state index contributed by atoms with van der Waals surface area (Å²) in [5.41, 5.74) is 5.66. The molecule has 0 unspecified atom stereocenters. The Morgan fingerprint density at radius 3 is 2.36 bits per heavy atom. The van der Waals surface area contributed by atoms with Crippen LogP contribution in [0.5, 0.6) is 11.6 Å². The van der Waals surface area contributed by atoms with Crippen LogP contribution in [-0.4, -0.2) is 45.9 Å². The number of nitrogens with one attached hydrogen (secondary N) is 1. The van der Waals surface area contributed by atoms with Crippen LogP contribution in [0.4, 0.5) is 4.39 Å². The van der Waals surface area contributed by atoms with Crippen molar-refractivity contribution >= 4 is 43.9 Å². The summed E-state index contributed by atoms with van der Waals surface area (Å²) in [4.78, 5) is 18.9. The van der Waals surface area contributed by atoms with E-state index < -0.39 is 21.8 Å². The number of fused-ring (bicyclic) bond motifs is 1. The number of carboxylic acids is 1. The second kappa shape index (κ2) is 11.8. The maximum Gasteiger partial charge on any atom is 0.328 e. The lowest BCUT2D eigenvalue weighted by Crippen LogP contribution is -2.02. The highest BCUT2D eigenvalue weighted by Gasteiger charge is 2.16. The van der Waals surface area contributed by atoms with Gasteiger partial charge in [-0.2, -0.15) is 9.37 Å². The summed E-state index contributed by atoms with van der Waals surface area (Å²) in [6.07, 6.45) is 6.75. The molecule has 2 aromatic heterocycles. The second-order valence-electron chi connectivity index (χ2n) is 9.37. The molecule has 0 radical (unpaired) electrons.